The molecular formula is C23H24BrN2O2+. The Morgan fingerprint density at radius 1 is 1.07 bits per heavy atom. The van der Waals surface area contributed by atoms with Gasteiger partial charge in [0.05, 0.1) is 13.7 Å². The fourth-order valence-corrected chi connectivity index (χ4v) is 4.12. The van der Waals surface area contributed by atoms with Gasteiger partial charge in [-0.15, -0.1) is 0 Å². The Balaban J connectivity index is 1.69. The van der Waals surface area contributed by atoms with Crippen molar-refractivity contribution in [1.82, 2.24) is 4.57 Å². The van der Waals surface area contributed by atoms with E-state index < -0.39 is 0 Å². The minimum absolute atomic E-state index is 0.136. The first kappa shape index (κ1) is 18.9. The molecule has 144 valence electrons. The minimum Gasteiger partial charge on any atom is -0.497 e. The van der Waals surface area contributed by atoms with E-state index in [1.165, 1.54) is 30.8 Å². The molecule has 1 aliphatic heterocycles. The van der Waals surface area contributed by atoms with Crippen LogP contribution in [0.2, 0.25) is 0 Å². The molecule has 3 aromatic rings. The van der Waals surface area contributed by atoms with Crippen molar-refractivity contribution in [3.8, 4) is 17.0 Å². The summed E-state index contributed by atoms with van der Waals surface area (Å²) in [6.07, 6.45) is 6.71. The summed E-state index contributed by atoms with van der Waals surface area (Å²) in [7, 11) is 1.68. The number of halogens is 1. The molecule has 4 rings (SSSR count). The Bertz CT molecular complexity index is 975. The molecule has 0 spiro atoms. The summed E-state index contributed by atoms with van der Waals surface area (Å²) in [5, 5.41) is 0. The second-order valence-corrected chi connectivity index (χ2v) is 8.10. The van der Waals surface area contributed by atoms with Gasteiger partial charge in [0, 0.05) is 22.0 Å². The van der Waals surface area contributed by atoms with E-state index in [1.807, 2.05) is 36.4 Å². The number of nitrogens with zero attached hydrogens (tertiary/aromatic N) is 2. The van der Waals surface area contributed by atoms with Crippen molar-refractivity contribution in [2.45, 2.75) is 38.8 Å². The zero-order valence-corrected chi connectivity index (χ0v) is 17.6. The lowest BCUT2D eigenvalue weighted by Gasteiger charge is -2.04. The summed E-state index contributed by atoms with van der Waals surface area (Å²) in [6.45, 7) is 1.36. The lowest BCUT2D eigenvalue weighted by molar-refractivity contribution is -0.690. The van der Waals surface area contributed by atoms with Crippen LogP contribution in [-0.2, 0) is 19.5 Å². The van der Waals surface area contributed by atoms with Crippen molar-refractivity contribution < 1.29 is 14.1 Å². The molecule has 0 radical (unpaired) electrons. The maximum Gasteiger partial charge on any atom is 0.257 e. The van der Waals surface area contributed by atoms with Crippen LogP contribution in [0, 0.1) is 0 Å². The molecular weight excluding hydrogens is 416 g/mol. The monoisotopic (exact) mass is 439 g/mol. The first-order valence-corrected chi connectivity index (χ1v) is 10.5. The van der Waals surface area contributed by atoms with Gasteiger partial charge in [-0.1, -0.05) is 28.1 Å². The van der Waals surface area contributed by atoms with E-state index in [0.717, 1.165) is 34.3 Å². The van der Waals surface area contributed by atoms with Crippen LogP contribution in [0.1, 0.15) is 35.4 Å². The fraction of sp³-hybridized carbons (Fsp3) is 0.304. The van der Waals surface area contributed by atoms with Crippen LogP contribution in [0.25, 0.3) is 11.3 Å². The first-order chi connectivity index (χ1) is 13.7. The van der Waals surface area contributed by atoms with Crippen molar-refractivity contribution in [3.05, 3.63) is 70.6 Å². The summed E-state index contributed by atoms with van der Waals surface area (Å²) in [4.78, 5) is 12.9. The lowest BCUT2D eigenvalue weighted by Crippen LogP contribution is -2.40. The third kappa shape index (κ3) is 3.90. The van der Waals surface area contributed by atoms with Crippen LogP contribution in [0.3, 0.4) is 0 Å². The van der Waals surface area contributed by atoms with E-state index in [-0.39, 0.29) is 5.78 Å². The van der Waals surface area contributed by atoms with Crippen LogP contribution < -0.4 is 9.30 Å². The number of fused-ring (bicyclic) bond motifs is 1. The normalized spacial score (nSPS) is 13.6. The summed E-state index contributed by atoms with van der Waals surface area (Å²) >= 11 is 3.43. The molecule has 28 heavy (non-hydrogen) atoms. The van der Waals surface area contributed by atoms with Crippen molar-refractivity contribution >= 4 is 21.7 Å². The van der Waals surface area contributed by atoms with Gasteiger partial charge in [-0.3, -0.25) is 4.79 Å². The smallest absolute Gasteiger partial charge is 0.257 e. The molecule has 0 unspecified atom stereocenters. The Kier molecular flexibility index (Phi) is 5.62. The molecule has 5 heteroatoms. The summed E-state index contributed by atoms with van der Waals surface area (Å²) in [5.74, 6) is 2.23. The molecule has 0 bridgehead atoms. The van der Waals surface area contributed by atoms with Crippen LogP contribution in [0.4, 0.5) is 0 Å². The van der Waals surface area contributed by atoms with E-state index in [1.54, 1.807) is 7.11 Å². The molecule has 2 heterocycles. The standard InChI is InChI=1S/C23H24BrN2O2/c1-28-20-12-8-17(9-13-20)21-15-25(23-5-3-2-4-14-26(21)23)16-22(27)18-6-10-19(24)11-7-18/h6-13,15H,2-5,14,16H2,1H3/q+1. The van der Waals surface area contributed by atoms with E-state index in [0.29, 0.717) is 6.54 Å². The molecule has 1 aromatic heterocycles. The maximum atomic E-state index is 12.9. The average molecular weight is 440 g/mol. The van der Waals surface area contributed by atoms with Gasteiger partial charge >= 0.3 is 0 Å². The number of carbonyl (C=O) groups excluding carboxylic acids is 1. The Hall–Kier alpha value is -2.40. The molecule has 0 aliphatic carbocycles. The van der Waals surface area contributed by atoms with Gasteiger partial charge in [-0.05, 0) is 55.7 Å². The number of imidazole rings is 1. The van der Waals surface area contributed by atoms with E-state index in [2.05, 4.69) is 43.4 Å². The zero-order chi connectivity index (χ0) is 19.5. The van der Waals surface area contributed by atoms with Crippen molar-refractivity contribution in [1.29, 1.82) is 0 Å². The van der Waals surface area contributed by atoms with Gasteiger partial charge in [0.15, 0.2) is 12.2 Å². The summed E-state index contributed by atoms with van der Waals surface area (Å²) in [5.41, 5.74) is 3.07. The van der Waals surface area contributed by atoms with Gasteiger partial charge in [-0.25, -0.2) is 9.13 Å². The fourth-order valence-electron chi connectivity index (χ4n) is 3.85. The second-order valence-electron chi connectivity index (χ2n) is 7.18. The number of ketones is 1. The molecule has 0 N–H and O–H groups in total. The molecule has 1 aliphatic rings. The molecule has 0 fully saturated rings. The number of aromatic nitrogens is 2. The predicted molar refractivity (Wildman–Crippen MR) is 113 cm³/mol. The summed E-state index contributed by atoms with van der Waals surface area (Å²) < 4.78 is 10.8. The molecule has 0 amide bonds. The minimum atomic E-state index is 0.136. The maximum absolute atomic E-state index is 12.9. The van der Waals surface area contributed by atoms with E-state index in [4.69, 9.17) is 4.74 Å². The number of Topliss-reactive ketones (excluding diaryl/α,β-unsaturated/α-hetero) is 1. The number of benzene rings is 2. The number of hydrogen-bond acceptors (Lipinski definition) is 2. The largest absolute Gasteiger partial charge is 0.497 e. The van der Waals surface area contributed by atoms with Crippen LogP contribution in [0.15, 0.2) is 59.2 Å². The van der Waals surface area contributed by atoms with Gasteiger partial charge < -0.3 is 4.74 Å². The van der Waals surface area contributed by atoms with Crippen LogP contribution in [0.5, 0.6) is 5.75 Å². The number of carbonyl (C=O) groups is 1. The quantitative estimate of drug-likeness (QED) is 0.421. The number of ether oxygens (including phenoxy) is 1. The van der Waals surface area contributed by atoms with Gasteiger partial charge in [-0.2, -0.15) is 0 Å². The van der Waals surface area contributed by atoms with Crippen molar-refractivity contribution in [2.75, 3.05) is 7.11 Å². The third-order valence-electron chi connectivity index (χ3n) is 5.36. The Morgan fingerprint density at radius 2 is 1.82 bits per heavy atom. The van der Waals surface area contributed by atoms with Crippen LogP contribution in [-0.4, -0.2) is 17.5 Å². The molecule has 0 saturated carbocycles. The molecule has 4 nitrogen and oxygen atoms in total. The van der Waals surface area contributed by atoms with Gasteiger partial charge in [0.1, 0.15) is 11.9 Å². The third-order valence-corrected chi connectivity index (χ3v) is 5.89. The van der Waals surface area contributed by atoms with Crippen molar-refractivity contribution in [2.24, 2.45) is 0 Å². The van der Waals surface area contributed by atoms with Gasteiger partial charge in [0.25, 0.3) is 5.82 Å². The topological polar surface area (TPSA) is 35.1 Å². The second kappa shape index (κ2) is 8.31. The lowest BCUT2D eigenvalue weighted by atomic mass is 10.1. The van der Waals surface area contributed by atoms with Gasteiger partial charge in [0.2, 0.25) is 5.78 Å². The highest BCUT2D eigenvalue weighted by atomic mass is 79.9. The van der Waals surface area contributed by atoms with Crippen molar-refractivity contribution in [3.63, 3.8) is 0 Å². The molecule has 2 aromatic carbocycles. The van der Waals surface area contributed by atoms with E-state index >= 15 is 0 Å². The van der Waals surface area contributed by atoms with Crippen LogP contribution >= 0.6 is 15.9 Å². The number of rotatable bonds is 5. The number of methoxy groups -OCH3 is 1. The highest BCUT2D eigenvalue weighted by Crippen LogP contribution is 2.26. The predicted octanol–water partition coefficient (Wildman–Crippen LogP) is 4.82. The average Bonchev–Trinajstić information content (AvgIpc) is 2.89. The summed E-state index contributed by atoms with van der Waals surface area (Å²) in [6, 6.07) is 15.8. The zero-order valence-electron chi connectivity index (χ0n) is 16.0. The Morgan fingerprint density at radius 3 is 2.54 bits per heavy atom. The first-order valence-electron chi connectivity index (χ1n) is 9.71. The highest BCUT2D eigenvalue weighted by Gasteiger charge is 2.27. The van der Waals surface area contributed by atoms with E-state index in [9.17, 15) is 4.79 Å². The Labute approximate surface area is 173 Å². The molecule has 0 saturated heterocycles. The SMILES string of the molecule is COc1ccc(-c2c[n+](CC(=O)c3ccc(Br)cc3)c3n2CCCCC3)cc1. The molecule has 0 atom stereocenters. The number of hydrogen-bond donors (Lipinski definition) is 0. The highest BCUT2D eigenvalue weighted by molar-refractivity contribution is 9.10.